The van der Waals surface area contributed by atoms with Crippen molar-refractivity contribution in [3.63, 3.8) is 0 Å². The summed E-state index contributed by atoms with van der Waals surface area (Å²) in [5, 5.41) is 7.05. The lowest BCUT2D eigenvalue weighted by atomic mass is 10.1. The molecule has 7 nitrogen and oxygen atoms in total. The first kappa shape index (κ1) is 18.8. The molecule has 2 aromatic heterocycles. The number of sulfone groups is 1. The normalized spacial score (nSPS) is 11.3. The van der Waals surface area contributed by atoms with Crippen molar-refractivity contribution < 1.29 is 13.2 Å². The quantitative estimate of drug-likeness (QED) is 0.672. The molecule has 3 rings (SSSR count). The molecule has 3 aromatic rings. The fourth-order valence-corrected chi connectivity index (χ4v) is 3.36. The van der Waals surface area contributed by atoms with Crippen molar-refractivity contribution in [2.45, 2.75) is 13.1 Å². The van der Waals surface area contributed by atoms with Gasteiger partial charge in [0, 0.05) is 24.6 Å². The third-order valence-electron chi connectivity index (χ3n) is 3.96. The maximum absolute atomic E-state index is 12.6. The number of aromatic amines is 1. The summed E-state index contributed by atoms with van der Waals surface area (Å²) < 4.78 is 23.2. The highest BCUT2D eigenvalue weighted by Crippen LogP contribution is 2.22. The summed E-state index contributed by atoms with van der Waals surface area (Å²) in [5.41, 5.74) is 3.23. The number of rotatable bonds is 7. The van der Waals surface area contributed by atoms with E-state index >= 15 is 0 Å². The van der Waals surface area contributed by atoms with Crippen LogP contribution >= 0.6 is 0 Å². The van der Waals surface area contributed by atoms with Crippen molar-refractivity contribution >= 4 is 15.7 Å². The molecule has 0 aliphatic heterocycles. The standard InChI is InChI=1S/C19H20N4O3S/c1-27(25,26)14-18(24)23(13-17-9-5-6-10-20-17)12-16-11-21-22-19(16)15-7-3-2-4-8-15/h2-11H,12-14H2,1H3,(H,21,22). The summed E-state index contributed by atoms with van der Waals surface area (Å²) in [7, 11) is -3.44. The van der Waals surface area contributed by atoms with Crippen molar-refractivity contribution in [1.29, 1.82) is 0 Å². The molecule has 1 aromatic carbocycles. The third kappa shape index (κ3) is 5.24. The number of amides is 1. The van der Waals surface area contributed by atoms with E-state index in [0.717, 1.165) is 23.1 Å². The second-order valence-corrected chi connectivity index (χ2v) is 8.42. The van der Waals surface area contributed by atoms with E-state index < -0.39 is 21.5 Å². The van der Waals surface area contributed by atoms with Crippen molar-refractivity contribution in [3.8, 4) is 11.3 Å². The number of hydrogen-bond donors (Lipinski definition) is 1. The zero-order chi connectivity index (χ0) is 19.3. The fraction of sp³-hybridized carbons (Fsp3) is 0.211. The van der Waals surface area contributed by atoms with Crippen LogP contribution in [-0.4, -0.2) is 46.4 Å². The summed E-state index contributed by atoms with van der Waals surface area (Å²) in [5.74, 6) is -1.01. The zero-order valence-corrected chi connectivity index (χ0v) is 15.7. The topological polar surface area (TPSA) is 96.0 Å². The first-order valence-electron chi connectivity index (χ1n) is 8.35. The average molecular weight is 384 g/mol. The van der Waals surface area contributed by atoms with Gasteiger partial charge in [-0.15, -0.1) is 0 Å². The Morgan fingerprint density at radius 1 is 1.07 bits per heavy atom. The first-order valence-corrected chi connectivity index (χ1v) is 10.4. The molecule has 1 N–H and O–H groups in total. The lowest BCUT2D eigenvalue weighted by Crippen LogP contribution is -2.35. The molecule has 0 aliphatic rings. The van der Waals surface area contributed by atoms with Crippen LogP contribution in [0.25, 0.3) is 11.3 Å². The Hall–Kier alpha value is -3.00. The van der Waals surface area contributed by atoms with Gasteiger partial charge in [-0.2, -0.15) is 5.10 Å². The van der Waals surface area contributed by atoms with Crippen LogP contribution in [0.4, 0.5) is 0 Å². The van der Waals surface area contributed by atoms with E-state index in [1.807, 2.05) is 36.4 Å². The van der Waals surface area contributed by atoms with Gasteiger partial charge in [0.25, 0.3) is 0 Å². The first-order chi connectivity index (χ1) is 12.9. The highest BCUT2D eigenvalue weighted by molar-refractivity contribution is 7.91. The summed E-state index contributed by atoms with van der Waals surface area (Å²) in [6, 6.07) is 15.1. The lowest BCUT2D eigenvalue weighted by molar-refractivity contribution is -0.129. The van der Waals surface area contributed by atoms with E-state index in [0.29, 0.717) is 5.69 Å². The molecule has 1 amide bonds. The molecule has 0 atom stereocenters. The molecule has 27 heavy (non-hydrogen) atoms. The van der Waals surface area contributed by atoms with Gasteiger partial charge in [0.1, 0.15) is 5.75 Å². The highest BCUT2D eigenvalue weighted by atomic mass is 32.2. The molecule has 0 bridgehead atoms. The lowest BCUT2D eigenvalue weighted by Gasteiger charge is -2.22. The van der Waals surface area contributed by atoms with Crippen LogP contribution in [0.3, 0.4) is 0 Å². The number of nitrogens with one attached hydrogen (secondary N) is 1. The highest BCUT2D eigenvalue weighted by Gasteiger charge is 2.21. The van der Waals surface area contributed by atoms with Crippen LogP contribution in [-0.2, 0) is 27.7 Å². The maximum atomic E-state index is 12.6. The molecular formula is C19H20N4O3S. The number of hydrogen-bond acceptors (Lipinski definition) is 5. The van der Waals surface area contributed by atoms with Crippen molar-refractivity contribution in [2.24, 2.45) is 0 Å². The van der Waals surface area contributed by atoms with E-state index in [-0.39, 0.29) is 13.1 Å². The zero-order valence-electron chi connectivity index (χ0n) is 14.9. The summed E-state index contributed by atoms with van der Waals surface area (Å²) in [6.07, 6.45) is 4.35. The average Bonchev–Trinajstić information content (AvgIpc) is 3.09. The Labute approximate surface area is 158 Å². The molecular weight excluding hydrogens is 364 g/mol. The number of carbonyl (C=O) groups is 1. The summed E-state index contributed by atoms with van der Waals surface area (Å²) >= 11 is 0. The molecule has 0 spiro atoms. The Balaban J connectivity index is 1.88. The summed E-state index contributed by atoms with van der Waals surface area (Å²) in [4.78, 5) is 18.4. The minimum Gasteiger partial charge on any atom is -0.331 e. The van der Waals surface area contributed by atoms with Gasteiger partial charge in [-0.3, -0.25) is 14.9 Å². The monoisotopic (exact) mass is 384 g/mol. The number of carbonyl (C=O) groups excluding carboxylic acids is 1. The van der Waals surface area contributed by atoms with Gasteiger partial charge < -0.3 is 4.90 Å². The Morgan fingerprint density at radius 3 is 2.48 bits per heavy atom. The van der Waals surface area contributed by atoms with Crippen LogP contribution < -0.4 is 0 Å². The van der Waals surface area contributed by atoms with E-state index in [1.54, 1.807) is 24.5 Å². The fourth-order valence-electron chi connectivity index (χ4n) is 2.73. The van der Waals surface area contributed by atoms with E-state index in [9.17, 15) is 13.2 Å². The van der Waals surface area contributed by atoms with Crippen LogP contribution in [0.1, 0.15) is 11.3 Å². The molecule has 0 saturated carbocycles. The van der Waals surface area contributed by atoms with Crippen molar-refractivity contribution in [3.05, 3.63) is 72.2 Å². The molecule has 0 unspecified atom stereocenters. The smallest absolute Gasteiger partial charge is 0.238 e. The number of nitrogens with zero attached hydrogens (tertiary/aromatic N) is 3. The van der Waals surface area contributed by atoms with Gasteiger partial charge >= 0.3 is 0 Å². The number of benzene rings is 1. The molecule has 2 heterocycles. The van der Waals surface area contributed by atoms with Gasteiger partial charge in [0.15, 0.2) is 9.84 Å². The second kappa shape index (κ2) is 8.13. The number of aromatic nitrogens is 3. The molecule has 0 fully saturated rings. The van der Waals surface area contributed by atoms with Crippen molar-refractivity contribution in [1.82, 2.24) is 20.1 Å². The second-order valence-electron chi connectivity index (χ2n) is 6.28. The van der Waals surface area contributed by atoms with Crippen LogP contribution in [0.5, 0.6) is 0 Å². The van der Waals surface area contributed by atoms with Gasteiger partial charge in [-0.05, 0) is 17.7 Å². The third-order valence-corrected chi connectivity index (χ3v) is 4.73. The SMILES string of the molecule is CS(=O)(=O)CC(=O)N(Cc1ccccn1)Cc1cn[nH]c1-c1ccccc1. The van der Waals surface area contributed by atoms with Crippen molar-refractivity contribution in [2.75, 3.05) is 12.0 Å². The summed E-state index contributed by atoms with van der Waals surface area (Å²) in [6.45, 7) is 0.445. The minimum absolute atomic E-state index is 0.217. The Kier molecular flexibility index (Phi) is 5.66. The predicted octanol–water partition coefficient (Wildman–Crippen LogP) is 2.05. The Morgan fingerprint density at radius 2 is 1.81 bits per heavy atom. The number of pyridine rings is 1. The Bertz CT molecular complexity index is 1000. The maximum Gasteiger partial charge on any atom is 0.238 e. The molecule has 8 heteroatoms. The molecule has 140 valence electrons. The molecule has 0 saturated heterocycles. The van der Waals surface area contributed by atoms with Crippen LogP contribution in [0.15, 0.2) is 60.9 Å². The van der Waals surface area contributed by atoms with Gasteiger partial charge in [0.2, 0.25) is 5.91 Å². The predicted molar refractivity (Wildman–Crippen MR) is 102 cm³/mol. The van der Waals surface area contributed by atoms with Crippen LogP contribution in [0, 0.1) is 0 Å². The van der Waals surface area contributed by atoms with Gasteiger partial charge in [-0.25, -0.2) is 8.42 Å². The minimum atomic E-state index is -3.44. The van der Waals surface area contributed by atoms with Gasteiger partial charge in [0.05, 0.1) is 24.1 Å². The van der Waals surface area contributed by atoms with E-state index in [1.165, 1.54) is 4.90 Å². The van der Waals surface area contributed by atoms with E-state index in [2.05, 4.69) is 15.2 Å². The van der Waals surface area contributed by atoms with Crippen LogP contribution in [0.2, 0.25) is 0 Å². The molecule has 0 aliphatic carbocycles. The number of H-pyrrole nitrogens is 1. The van der Waals surface area contributed by atoms with E-state index in [4.69, 9.17) is 0 Å². The molecule has 0 radical (unpaired) electrons. The largest absolute Gasteiger partial charge is 0.331 e. The van der Waals surface area contributed by atoms with Gasteiger partial charge in [-0.1, -0.05) is 36.4 Å².